The number of nitrogens with zero attached hydrogens (tertiary/aromatic N) is 2. The molecule has 2 heterocycles. The smallest absolute Gasteiger partial charge is 0.339 e. The molecule has 1 aliphatic carbocycles. The maximum atomic E-state index is 12.0. The van der Waals surface area contributed by atoms with E-state index in [0.717, 1.165) is 28.9 Å². The Hall–Kier alpha value is -2.47. The Morgan fingerprint density at radius 1 is 1.32 bits per heavy atom. The third-order valence-electron chi connectivity index (χ3n) is 4.67. The van der Waals surface area contributed by atoms with Crippen LogP contribution in [0.5, 0.6) is 0 Å². The Morgan fingerprint density at radius 3 is 3.00 bits per heavy atom. The number of anilines is 2. The molecule has 128 valence electrons. The predicted octanol–water partition coefficient (Wildman–Crippen LogP) is 4.35. The van der Waals surface area contributed by atoms with Crippen molar-refractivity contribution in [3.8, 4) is 0 Å². The summed E-state index contributed by atoms with van der Waals surface area (Å²) in [6.07, 6.45) is 4.96. The van der Waals surface area contributed by atoms with Crippen LogP contribution in [0.25, 0.3) is 10.2 Å². The molecule has 1 unspecified atom stereocenters. The van der Waals surface area contributed by atoms with Gasteiger partial charge in [0.25, 0.3) is 0 Å². The van der Waals surface area contributed by atoms with Gasteiger partial charge in [-0.3, -0.25) is 0 Å². The maximum absolute atomic E-state index is 12.0. The maximum Gasteiger partial charge on any atom is 0.339 e. The Morgan fingerprint density at radius 2 is 2.16 bits per heavy atom. The van der Waals surface area contributed by atoms with Gasteiger partial charge in [-0.1, -0.05) is 19.1 Å². The summed E-state index contributed by atoms with van der Waals surface area (Å²) in [7, 11) is 1.39. The van der Waals surface area contributed by atoms with Gasteiger partial charge in [-0.15, -0.1) is 11.3 Å². The standard InChI is InChI=1S/C19H19N3O2S/c1-11-7-8-15-13(9-11)16-17(20-10-21-18(16)25-15)22-14-6-4-3-5-12(14)19(23)24-2/h3-6,10-11H,7-9H2,1-2H3,(H,20,21,22). The first kappa shape index (κ1) is 16.0. The molecule has 6 heteroatoms. The van der Waals surface area contributed by atoms with E-state index in [-0.39, 0.29) is 5.97 Å². The first-order valence-electron chi connectivity index (χ1n) is 8.37. The van der Waals surface area contributed by atoms with Crippen molar-refractivity contribution in [3.63, 3.8) is 0 Å². The van der Waals surface area contributed by atoms with Gasteiger partial charge in [0.1, 0.15) is 17.0 Å². The number of thiophene rings is 1. The van der Waals surface area contributed by atoms with E-state index < -0.39 is 0 Å². The van der Waals surface area contributed by atoms with E-state index in [2.05, 4.69) is 22.2 Å². The van der Waals surface area contributed by atoms with Crippen LogP contribution in [0, 0.1) is 5.92 Å². The number of benzene rings is 1. The fraction of sp³-hybridized carbons (Fsp3) is 0.316. The van der Waals surface area contributed by atoms with E-state index in [9.17, 15) is 4.79 Å². The summed E-state index contributed by atoms with van der Waals surface area (Å²) in [5.41, 5.74) is 2.55. The molecule has 1 atom stereocenters. The van der Waals surface area contributed by atoms with Crippen LogP contribution in [0.3, 0.4) is 0 Å². The third kappa shape index (κ3) is 2.87. The lowest BCUT2D eigenvalue weighted by molar-refractivity contribution is 0.0602. The lowest BCUT2D eigenvalue weighted by Crippen LogP contribution is -2.10. The van der Waals surface area contributed by atoms with Crippen molar-refractivity contribution in [1.29, 1.82) is 0 Å². The first-order valence-corrected chi connectivity index (χ1v) is 9.18. The zero-order valence-corrected chi connectivity index (χ0v) is 15.0. The summed E-state index contributed by atoms with van der Waals surface area (Å²) in [5.74, 6) is 1.06. The molecule has 0 radical (unpaired) electrons. The number of ether oxygens (including phenoxy) is 1. The van der Waals surface area contributed by atoms with Crippen LogP contribution >= 0.6 is 11.3 Å². The number of hydrogen-bond donors (Lipinski definition) is 1. The number of carbonyl (C=O) groups excluding carboxylic acids is 1. The molecule has 0 spiro atoms. The summed E-state index contributed by atoms with van der Waals surface area (Å²) in [6, 6.07) is 7.32. The molecule has 5 nitrogen and oxygen atoms in total. The van der Waals surface area contributed by atoms with E-state index >= 15 is 0 Å². The van der Waals surface area contributed by atoms with Crippen molar-refractivity contribution in [2.75, 3.05) is 12.4 Å². The zero-order chi connectivity index (χ0) is 17.4. The minimum atomic E-state index is -0.366. The molecule has 1 aromatic carbocycles. The van der Waals surface area contributed by atoms with Gasteiger partial charge >= 0.3 is 5.97 Å². The Bertz CT molecular complexity index is 951. The van der Waals surface area contributed by atoms with Gasteiger partial charge in [-0.2, -0.15) is 0 Å². The normalized spacial score (nSPS) is 16.5. The molecule has 0 bridgehead atoms. The predicted molar refractivity (Wildman–Crippen MR) is 99.7 cm³/mol. The summed E-state index contributed by atoms with van der Waals surface area (Å²) in [5, 5.41) is 4.43. The monoisotopic (exact) mass is 353 g/mol. The van der Waals surface area contributed by atoms with E-state index in [1.54, 1.807) is 23.7 Å². The second-order valence-electron chi connectivity index (χ2n) is 6.42. The van der Waals surface area contributed by atoms with Gasteiger partial charge in [0.2, 0.25) is 0 Å². The van der Waals surface area contributed by atoms with Crippen molar-refractivity contribution < 1.29 is 9.53 Å². The van der Waals surface area contributed by atoms with E-state index in [4.69, 9.17) is 4.74 Å². The Balaban J connectivity index is 1.81. The highest BCUT2D eigenvalue weighted by Crippen LogP contribution is 2.40. The number of hydrogen-bond acceptors (Lipinski definition) is 6. The number of esters is 1. The van der Waals surface area contributed by atoms with Crippen LogP contribution in [-0.2, 0) is 17.6 Å². The van der Waals surface area contributed by atoms with Crippen LogP contribution in [0.2, 0.25) is 0 Å². The molecule has 4 rings (SSSR count). The fourth-order valence-electron chi connectivity index (χ4n) is 3.38. The van der Waals surface area contributed by atoms with Gasteiger partial charge in [0.05, 0.1) is 23.7 Å². The first-order chi connectivity index (χ1) is 12.2. The van der Waals surface area contributed by atoms with E-state index in [1.807, 2.05) is 18.2 Å². The van der Waals surface area contributed by atoms with Crippen LogP contribution < -0.4 is 5.32 Å². The van der Waals surface area contributed by atoms with Crippen LogP contribution in [0.1, 0.15) is 34.1 Å². The van der Waals surface area contributed by atoms with Crippen molar-refractivity contribution in [3.05, 3.63) is 46.6 Å². The molecule has 25 heavy (non-hydrogen) atoms. The molecule has 0 fully saturated rings. The molecular weight excluding hydrogens is 334 g/mol. The summed E-state index contributed by atoms with van der Waals surface area (Å²) < 4.78 is 4.88. The van der Waals surface area contributed by atoms with Crippen LogP contribution in [0.4, 0.5) is 11.5 Å². The summed E-state index contributed by atoms with van der Waals surface area (Å²) >= 11 is 1.76. The number of aryl methyl sites for hydroxylation is 1. The number of fused-ring (bicyclic) bond motifs is 3. The highest BCUT2D eigenvalue weighted by molar-refractivity contribution is 7.19. The number of methoxy groups -OCH3 is 1. The lowest BCUT2D eigenvalue weighted by Gasteiger charge is -2.18. The number of nitrogens with one attached hydrogen (secondary N) is 1. The highest BCUT2D eigenvalue weighted by atomic mass is 32.1. The number of carbonyl (C=O) groups is 1. The molecule has 1 aliphatic rings. The minimum absolute atomic E-state index is 0.366. The number of aromatic nitrogens is 2. The van der Waals surface area contributed by atoms with Gasteiger partial charge in [0.15, 0.2) is 0 Å². The Kier molecular flexibility index (Phi) is 4.13. The van der Waals surface area contributed by atoms with Crippen LogP contribution in [-0.4, -0.2) is 23.0 Å². The molecule has 1 N–H and O–H groups in total. The van der Waals surface area contributed by atoms with Gasteiger partial charge in [-0.05, 0) is 42.9 Å². The largest absolute Gasteiger partial charge is 0.465 e. The Labute approximate surface area is 150 Å². The van der Waals surface area contributed by atoms with Gasteiger partial charge in [-0.25, -0.2) is 14.8 Å². The summed E-state index contributed by atoms with van der Waals surface area (Å²) in [4.78, 5) is 23.4. The van der Waals surface area contributed by atoms with Crippen LogP contribution in [0.15, 0.2) is 30.6 Å². The topological polar surface area (TPSA) is 64.1 Å². The van der Waals surface area contributed by atoms with E-state index in [1.165, 1.54) is 24.0 Å². The van der Waals surface area contributed by atoms with Crippen molar-refractivity contribution in [2.24, 2.45) is 5.92 Å². The lowest BCUT2D eigenvalue weighted by atomic mass is 9.88. The van der Waals surface area contributed by atoms with E-state index in [0.29, 0.717) is 17.2 Å². The van der Waals surface area contributed by atoms with Gasteiger partial charge < -0.3 is 10.1 Å². The molecule has 0 amide bonds. The number of rotatable bonds is 3. The molecule has 0 saturated heterocycles. The third-order valence-corrected chi connectivity index (χ3v) is 5.87. The quantitative estimate of drug-likeness (QED) is 0.709. The molecule has 0 aliphatic heterocycles. The number of para-hydroxylation sites is 1. The second-order valence-corrected chi connectivity index (χ2v) is 7.50. The average molecular weight is 353 g/mol. The van der Waals surface area contributed by atoms with Gasteiger partial charge in [0, 0.05) is 4.88 Å². The average Bonchev–Trinajstić information content (AvgIpc) is 3.00. The zero-order valence-electron chi connectivity index (χ0n) is 14.2. The molecule has 3 aromatic rings. The molecule has 2 aromatic heterocycles. The van der Waals surface area contributed by atoms with Crippen molar-refractivity contribution in [2.45, 2.75) is 26.2 Å². The molecular formula is C19H19N3O2S. The minimum Gasteiger partial charge on any atom is -0.465 e. The fourth-order valence-corrected chi connectivity index (χ4v) is 4.57. The molecule has 0 saturated carbocycles. The highest BCUT2D eigenvalue weighted by Gasteiger charge is 2.23. The summed E-state index contributed by atoms with van der Waals surface area (Å²) in [6.45, 7) is 2.29. The van der Waals surface area contributed by atoms with Crippen molar-refractivity contribution >= 4 is 39.0 Å². The van der Waals surface area contributed by atoms with Crippen molar-refractivity contribution in [1.82, 2.24) is 9.97 Å². The second kappa shape index (κ2) is 6.44. The SMILES string of the molecule is COC(=O)c1ccccc1Nc1ncnc2sc3c(c12)CC(C)CC3.